The predicted molar refractivity (Wildman–Crippen MR) is 93.2 cm³/mol. The summed E-state index contributed by atoms with van der Waals surface area (Å²) in [5.74, 6) is -1.48. The molecule has 1 unspecified atom stereocenters. The number of sulfonamides is 1. The SMILES string of the molecule is CC(=O)c1cccc(S(=O)(=O)NCCC(=O)N2CCC(C)(C(=O)O)C2)c1. The maximum absolute atomic E-state index is 12.3. The molecule has 26 heavy (non-hydrogen) atoms. The van der Waals surface area contributed by atoms with Crippen molar-refractivity contribution >= 4 is 27.7 Å². The lowest BCUT2D eigenvalue weighted by Gasteiger charge is -2.20. The van der Waals surface area contributed by atoms with Crippen LogP contribution in [0.5, 0.6) is 0 Å². The van der Waals surface area contributed by atoms with Crippen molar-refractivity contribution in [3.05, 3.63) is 29.8 Å². The molecule has 2 N–H and O–H groups in total. The van der Waals surface area contributed by atoms with E-state index < -0.39 is 21.4 Å². The number of aliphatic carboxylic acids is 1. The highest BCUT2D eigenvalue weighted by molar-refractivity contribution is 7.89. The molecule has 2 rings (SSSR count). The van der Waals surface area contributed by atoms with Gasteiger partial charge in [-0.25, -0.2) is 13.1 Å². The van der Waals surface area contributed by atoms with Crippen molar-refractivity contribution in [3.63, 3.8) is 0 Å². The summed E-state index contributed by atoms with van der Waals surface area (Å²) >= 11 is 0. The molecule has 1 aliphatic heterocycles. The van der Waals surface area contributed by atoms with Crippen LogP contribution in [0.3, 0.4) is 0 Å². The Morgan fingerprint density at radius 1 is 1.31 bits per heavy atom. The number of nitrogens with one attached hydrogen (secondary N) is 1. The number of Topliss-reactive ketones (excluding diaryl/α,β-unsaturated/α-hetero) is 1. The molecule has 0 aromatic heterocycles. The lowest BCUT2D eigenvalue weighted by atomic mass is 9.90. The Morgan fingerprint density at radius 3 is 2.58 bits per heavy atom. The summed E-state index contributed by atoms with van der Waals surface area (Å²) in [6.45, 7) is 3.29. The van der Waals surface area contributed by atoms with E-state index in [2.05, 4.69) is 4.72 Å². The van der Waals surface area contributed by atoms with Crippen molar-refractivity contribution in [1.29, 1.82) is 0 Å². The summed E-state index contributed by atoms with van der Waals surface area (Å²) in [6.07, 6.45) is 0.305. The summed E-state index contributed by atoms with van der Waals surface area (Å²) in [6, 6.07) is 5.66. The molecular weight excluding hydrogens is 360 g/mol. The van der Waals surface area contributed by atoms with E-state index >= 15 is 0 Å². The van der Waals surface area contributed by atoms with Crippen LogP contribution in [0.1, 0.15) is 37.0 Å². The molecular formula is C17H22N2O6S. The second-order valence-corrected chi connectivity index (χ2v) is 8.43. The van der Waals surface area contributed by atoms with Gasteiger partial charge in [-0.1, -0.05) is 12.1 Å². The monoisotopic (exact) mass is 382 g/mol. The quantitative estimate of drug-likeness (QED) is 0.675. The Labute approximate surface area is 152 Å². The van der Waals surface area contributed by atoms with Crippen molar-refractivity contribution in [2.75, 3.05) is 19.6 Å². The van der Waals surface area contributed by atoms with Gasteiger partial charge in [0.05, 0.1) is 10.3 Å². The predicted octanol–water partition coefficient (Wildman–Crippen LogP) is 0.881. The summed E-state index contributed by atoms with van der Waals surface area (Å²) < 4.78 is 26.9. The Kier molecular flexibility index (Phi) is 5.82. The van der Waals surface area contributed by atoms with Crippen LogP contribution in [0.2, 0.25) is 0 Å². The standard InChI is InChI=1S/C17H22N2O6S/c1-12(20)13-4-3-5-14(10-13)26(24,25)18-8-6-15(21)19-9-7-17(2,11-19)16(22)23/h3-5,10,18H,6-9,11H2,1-2H3,(H,22,23). The molecule has 1 aliphatic rings. The number of likely N-dealkylation sites (tertiary alicyclic amines) is 1. The number of nitrogens with zero attached hydrogens (tertiary/aromatic N) is 1. The first-order valence-corrected chi connectivity index (χ1v) is 9.65. The van der Waals surface area contributed by atoms with Crippen molar-refractivity contribution in [2.24, 2.45) is 5.41 Å². The van der Waals surface area contributed by atoms with Gasteiger partial charge in [0.15, 0.2) is 5.78 Å². The van der Waals surface area contributed by atoms with Gasteiger partial charge in [-0.2, -0.15) is 0 Å². The lowest BCUT2D eigenvalue weighted by Crippen LogP contribution is -2.36. The van der Waals surface area contributed by atoms with Gasteiger partial charge in [0, 0.05) is 31.6 Å². The Hall–Kier alpha value is -2.26. The van der Waals surface area contributed by atoms with Crippen LogP contribution in [0.25, 0.3) is 0 Å². The fraction of sp³-hybridized carbons (Fsp3) is 0.471. The van der Waals surface area contributed by atoms with Crippen LogP contribution < -0.4 is 4.72 Å². The molecule has 1 heterocycles. The number of rotatable bonds is 7. The Morgan fingerprint density at radius 2 is 2.00 bits per heavy atom. The molecule has 1 amide bonds. The molecule has 0 aliphatic carbocycles. The largest absolute Gasteiger partial charge is 0.481 e. The van der Waals surface area contributed by atoms with E-state index in [1.165, 1.54) is 36.1 Å². The van der Waals surface area contributed by atoms with Gasteiger partial charge < -0.3 is 10.0 Å². The smallest absolute Gasteiger partial charge is 0.311 e. The van der Waals surface area contributed by atoms with Gasteiger partial charge in [-0.15, -0.1) is 0 Å². The minimum Gasteiger partial charge on any atom is -0.481 e. The van der Waals surface area contributed by atoms with Crippen LogP contribution >= 0.6 is 0 Å². The Balaban J connectivity index is 1.93. The number of carbonyl (C=O) groups excluding carboxylic acids is 2. The lowest BCUT2D eigenvalue weighted by molar-refractivity contribution is -0.147. The maximum Gasteiger partial charge on any atom is 0.311 e. The summed E-state index contributed by atoms with van der Waals surface area (Å²) in [5, 5.41) is 9.19. The molecule has 1 atom stereocenters. The molecule has 0 radical (unpaired) electrons. The number of hydrogen-bond acceptors (Lipinski definition) is 5. The molecule has 142 valence electrons. The topological polar surface area (TPSA) is 121 Å². The molecule has 9 heteroatoms. The molecule has 0 bridgehead atoms. The van der Waals surface area contributed by atoms with Gasteiger partial charge in [0.2, 0.25) is 15.9 Å². The van der Waals surface area contributed by atoms with Crippen molar-refractivity contribution in [1.82, 2.24) is 9.62 Å². The van der Waals surface area contributed by atoms with Gasteiger partial charge in [0.1, 0.15) is 0 Å². The second kappa shape index (κ2) is 7.55. The normalized spacial score (nSPS) is 20.2. The zero-order chi connectivity index (χ0) is 19.5. The van der Waals surface area contributed by atoms with Crippen LogP contribution in [0.15, 0.2) is 29.2 Å². The number of carboxylic acids is 1. The van der Waals surface area contributed by atoms with Crippen LogP contribution in [-0.2, 0) is 19.6 Å². The van der Waals surface area contributed by atoms with E-state index in [9.17, 15) is 27.9 Å². The Bertz CT molecular complexity index is 835. The number of benzene rings is 1. The first-order chi connectivity index (χ1) is 12.0. The fourth-order valence-electron chi connectivity index (χ4n) is 2.76. The van der Waals surface area contributed by atoms with Gasteiger partial charge in [-0.05, 0) is 32.4 Å². The fourth-order valence-corrected chi connectivity index (χ4v) is 3.84. The summed E-state index contributed by atoms with van der Waals surface area (Å²) in [4.78, 5) is 36.2. The third-order valence-electron chi connectivity index (χ3n) is 4.52. The molecule has 8 nitrogen and oxygen atoms in total. The van der Waals surface area contributed by atoms with Crippen LogP contribution in [-0.4, -0.2) is 55.7 Å². The van der Waals surface area contributed by atoms with E-state index in [-0.39, 0.29) is 41.7 Å². The van der Waals surface area contributed by atoms with E-state index in [4.69, 9.17) is 0 Å². The number of carbonyl (C=O) groups is 3. The van der Waals surface area contributed by atoms with E-state index in [1.54, 1.807) is 6.92 Å². The van der Waals surface area contributed by atoms with Gasteiger partial charge >= 0.3 is 5.97 Å². The van der Waals surface area contributed by atoms with E-state index in [1.807, 2.05) is 0 Å². The highest BCUT2D eigenvalue weighted by Gasteiger charge is 2.41. The summed E-state index contributed by atoms with van der Waals surface area (Å²) in [5.41, 5.74) is -0.670. The average molecular weight is 382 g/mol. The number of carboxylic acid groups (broad SMARTS) is 1. The van der Waals surface area contributed by atoms with Crippen molar-refractivity contribution < 1.29 is 27.9 Å². The third-order valence-corrected chi connectivity index (χ3v) is 5.98. The first kappa shape index (κ1) is 20.1. The molecule has 1 aromatic carbocycles. The number of hydrogen-bond donors (Lipinski definition) is 2. The number of ketones is 1. The maximum atomic E-state index is 12.3. The first-order valence-electron chi connectivity index (χ1n) is 8.17. The minimum absolute atomic E-state index is 0.0442. The highest BCUT2D eigenvalue weighted by Crippen LogP contribution is 2.30. The molecule has 1 fully saturated rings. The molecule has 0 spiro atoms. The van der Waals surface area contributed by atoms with Crippen LogP contribution in [0.4, 0.5) is 0 Å². The average Bonchev–Trinajstić information content (AvgIpc) is 2.99. The van der Waals surface area contributed by atoms with E-state index in [0.717, 1.165) is 0 Å². The second-order valence-electron chi connectivity index (χ2n) is 6.66. The number of amides is 1. The van der Waals surface area contributed by atoms with Gasteiger partial charge in [0.25, 0.3) is 0 Å². The summed E-state index contributed by atoms with van der Waals surface area (Å²) in [7, 11) is -3.84. The van der Waals surface area contributed by atoms with E-state index in [0.29, 0.717) is 13.0 Å². The van der Waals surface area contributed by atoms with Gasteiger partial charge in [-0.3, -0.25) is 14.4 Å². The molecule has 1 aromatic rings. The third kappa shape index (κ3) is 4.47. The zero-order valence-corrected chi connectivity index (χ0v) is 15.5. The molecule has 0 saturated carbocycles. The van der Waals surface area contributed by atoms with Crippen molar-refractivity contribution in [2.45, 2.75) is 31.6 Å². The van der Waals surface area contributed by atoms with Crippen LogP contribution in [0, 0.1) is 5.41 Å². The van der Waals surface area contributed by atoms with Crippen molar-refractivity contribution in [3.8, 4) is 0 Å². The zero-order valence-electron chi connectivity index (χ0n) is 14.7. The highest BCUT2D eigenvalue weighted by atomic mass is 32.2. The minimum atomic E-state index is -3.84. The molecule has 1 saturated heterocycles.